The first-order chi connectivity index (χ1) is 15.1. The Hall–Kier alpha value is -2.39. The second-order valence-electron chi connectivity index (χ2n) is 7.23. The second-order valence-corrected chi connectivity index (χ2v) is 7.23. The van der Waals surface area contributed by atoms with Crippen LogP contribution in [-0.2, 0) is 0 Å². The normalized spacial score (nSPS) is 11.3. The van der Waals surface area contributed by atoms with Crippen molar-refractivity contribution >= 4 is 0 Å². The fourth-order valence-electron chi connectivity index (χ4n) is 3.19. The fourth-order valence-corrected chi connectivity index (χ4v) is 3.19. The molecule has 0 radical (unpaired) electrons. The number of ether oxygens (including phenoxy) is 1. The Kier molecular flexibility index (Phi) is 9.27. The molecule has 0 spiro atoms. The van der Waals surface area contributed by atoms with Crippen molar-refractivity contribution in [2.24, 2.45) is 0 Å². The average molecular weight is 472 g/mol. The molecule has 0 aliphatic rings. The van der Waals surface area contributed by atoms with Gasteiger partial charge in [0.2, 0.25) is 17.5 Å². The molecule has 0 heterocycles. The summed E-state index contributed by atoms with van der Waals surface area (Å²) in [7, 11) is 0. The van der Waals surface area contributed by atoms with Crippen molar-refractivity contribution < 1.29 is 44.3 Å². The van der Waals surface area contributed by atoms with Crippen molar-refractivity contribution in [1.29, 1.82) is 0 Å². The lowest BCUT2D eigenvalue weighted by Crippen LogP contribution is -2.11. The Bertz CT molecular complexity index is 901. The summed E-state index contributed by atoms with van der Waals surface area (Å²) in [5.41, 5.74) is -4.18. The summed E-state index contributed by atoms with van der Waals surface area (Å²) in [5.74, 6) is -23.4. The van der Waals surface area contributed by atoms with E-state index in [2.05, 4.69) is 6.92 Å². The first kappa shape index (κ1) is 25.9. The standard InChI is InChI=1S/C22H21F9O/c1-2-3-4-5-6-7-8-9-10-32-22-20(30)15(25)12(16(26)21(22)31)11-13(23)17(27)19(29)18(28)14(11)24/h2-10H2,1H3. The fraction of sp³-hybridized carbons (Fsp3) is 0.455. The molecule has 0 atom stereocenters. The molecule has 0 amide bonds. The van der Waals surface area contributed by atoms with Crippen molar-refractivity contribution in [3.8, 4) is 16.9 Å². The summed E-state index contributed by atoms with van der Waals surface area (Å²) in [6, 6.07) is 0. The van der Waals surface area contributed by atoms with E-state index in [0.29, 0.717) is 12.8 Å². The summed E-state index contributed by atoms with van der Waals surface area (Å²) in [4.78, 5) is 0. The molecule has 0 N–H and O–H groups in total. The van der Waals surface area contributed by atoms with Crippen LogP contribution in [0, 0.1) is 52.4 Å². The molecule has 178 valence electrons. The van der Waals surface area contributed by atoms with E-state index in [0.717, 1.165) is 38.5 Å². The highest BCUT2D eigenvalue weighted by Gasteiger charge is 2.34. The van der Waals surface area contributed by atoms with Crippen LogP contribution in [0.1, 0.15) is 58.3 Å². The van der Waals surface area contributed by atoms with Gasteiger partial charge >= 0.3 is 0 Å². The van der Waals surface area contributed by atoms with Crippen LogP contribution in [0.4, 0.5) is 39.5 Å². The molecule has 0 saturated carbocycles. The van der Waals surface area contributed by atoms with Crippen LogP contribution < -0.4 is 4.74 Å². The Morgan fingerprint density at radius 3 is 1.22 bits per heavy atom. The van der Waals surface area contributed by atoms with Gasteiger partial charge in [0, 0.05) is 0 Å². The quantitative estimate of drug-likeness (QED) is 0.139. The third-order valence-corrected chi connectivity index (χ3v) is 4.93. The monoisotopic (exact) mass is 472 g/mol. The highest BCUT2D eigenvalue weighted by atomic mass is 19.2. The van der Waals surface area contributed by atoms with Gasteiger partial charge in [0.05, 0.1) is 17.7 Å². The van der Waals surface area contributed by atoms with Gasteiger partial charge in [0.1, 0.15) is 0 Å². The van der Waals surface area contributed by atoms with E-state index < -0.39 is 69.2 Å². The van der Waals surface area contributed by atoms with E-state index in [4.69, 9.17) is 4.74 Å². The molecule has 2 rings (SSSR count). The summed E-state index contributed by atoms with van der Waals surface area (Å²) in [6.07, 6.45) is 7.06. The largest absolute Gasteiger partial charge is 0.487 e. The van der Waals surface area contributed by atoms with Gasteiger partial charge in [-0.25, -0.2) is 30.7 Å². The molecule has 1 nitrogen and oxygen atoms in total. The lowest BCUT2D eigenvalue weighted by Gasteiger charge is -2.15. The summed E-state index contributed by atoms with van der Waals surface area (Å²) < 4.78 is 130. The molecule has 2 aromatic carbocycles. The summed E-state index contributed by atoms with van der Waals surface area (Å²) >= 11 is 0. The number of hydrogen-bond acceptors (Lipinski definition) is 1. The van der Waals surface area contributed by atoms with Crippen LogP contribution in [0.25, 0.3) is 11.1 Å². The van der Waals surface area contributed by atoms with Gasteiger partial charge in [0.15, 0.2) is 40.7 Å². The minimum absolute atomic E-state index is 0.302. The zero-order chi connectivity index (χ0) is 24.0. The van der Waals surface area contributed by atoms with Crippen LogP contribution in [0.2, 0.25) is 0 Å². The highest BCUT2D eigenvalue weighted by Crippen LogP contribution is 2.39. The third kappa shape index (κ3) is 5.32. The van der Waals surface area contributed by atoms with Crippen LogP contribution in [-0.4, -0.2) is 6.61 Å². The van der Waals surface area contributed by atoms with Crippen molar-refractivity contribution in [3.63, 3.8) is 0 Å². The Morgan fingerprint density at radius 1 is 0.438 bits per heavy atom. The number of rotatable bonds is 11. The van der Waals surface area contributed by atoms with E-state index in [1.807, 2.05) is 0 Å². The van der Waals surface area contributed by atoms with Crippen molar-refractivity contribution in [2.75, 3.05) is 6.61 Å². The summed E-state index contributed by atoms with van der Waals surface area (Å²) in [6.45, 7) is 1.78. The van der Waals surface area contributed by atoms with Crippen molar-refractivity contribution in [1.82, 2.24) is 0 Å². The minimum atomic E-state index is -2.60. The SMILES string of the molecule is CCCCCCCCCCOc1c(F)c(F)c(-c2c(F)c(F)c(F)c(F)c2F)c(F)c1F. The van der Waals surface area contributed by atoms with Crippen LogP contribution in [0.15, 0.2) is 0 Å². The molecule has 0 fully saturated rings. The molecule has 0 aliphatic carbocycles. The van der Waals surface area contributed by atoms with Gasteiger partial charge in [-0.2, -0.15) is 8.78 Å². The van der Waals surface area contributed by atoms with E-state index in [9.17, 15) is 39.5 Å². The Morgan fingerprint density at radius 2 is 0.781 bits per heavy atom. The predicted octanol–water partition coefficient (Wildman–Crippen LogP) is 8.13. The van der Waals surface area contributed by atoms with Crippen LogP contribution in [0.3, 0.4) is 0 Å². The molecule has 0 saturated heterocycles. The molecule has 2 aromatic rings. The topological polar surface area (TPSA) is 9.23 Å². The van der Waals surface area contributed by atoms with Crippen LogP contribution >= 0.6 is 0 Å². The zero-order valence-corrected chi connectivity index (χ0v) is 17.2. The molecule has 0 bridgehead atoms. The lowest BCUT2D eigenvalue weighted by atomic mass is 10.0. The van der Waals surface area contributed by atoms with E-state index in [1.165, 1.54) is 0 Å². The number of halogens is 9. The molecular formula is C22H21F9O. The smallest absolute Gasteiger partial charge is 0.204 e. The van der Waals surface area contributed by atoms with E-state index in [-0.39, 0.29) is 6.61 Å². The predicted molar refractivity (Wildman–Crippen MR) is 99.6 cm³/mol. The van der Waals surface area contributed by atoms with Crippen LogP contribution in [0.5, 0.6) is 5.75 Å². The molecule has 0 unspecified atom stereocenters. The highest BCUT2D eigenvalue weighted by molar-refractivity contribution is 5.68. The summed E-state index contributed by atoms with van der Waals surface area (Å²) in [5, 5.41) is 0. The maximum atomic E-state index is 14.4. The van der Waals surface area contributed by atoms with Crippen molar-refractivity contribution in [3.05, 3.63) is 52.4 Å². The molecule has 32 heavy (non-hydrogen) atoms. The molecule has 0 aliphatic heterocycles. The second kappa shape index (κ2) is 11.5. The van der Waals surface area contributed by atoms with Gasteiger partial charge in [-0.1, -0.05) is 51.9 Å². The van der Waals surface area contributed by atoms with Gasteiger partial charge in [-0.15, -0.1) is 0 Å². The average Bonchev–Trinajstić information content (AvgIpc) is 2.78. The van der Waals surface area contributed by atoms with Gasteiger partial charge < -0.3 is 4.74 Å². The van der Waals surface area contributed by atoms with Crippen molar-refractivity contribution in [2.45, 2.75) is 58.3 Å². The van der Waals surface area contributed by atoms with E-state index in [1.54, 1.807) is 0 Å². The van der Waals surface area contributed by atoms with E-state index >= 15 is 0 Å². The molecule has 0 aromatic heterocycles. The maximum absolute atomic E-state index is 14.4. The molecular weight excluding hydrogens is 451 g/mol. The van der Waals surface area contributed by atoms with Gasteiger partial charge in [-0.3, -0.25) is 0 Å². The molecule has 10 heteroatoms. The first-order valence-corrected chi connectivity index (χ1v) is 10.2. The van der Waals surface area contributed by atoms with Gasteiger partial charge in [-0.05, 0) is 6.42 Å². The maximum Gasteiger partial charge on any atom is 0.204 e. The number of unbranched alkanes of at least 4 members (excludes halogenated alkanes) is 7. The van der Waals surface area contributed by atoms with Gasteiger partial charge in [0.25, 0.3) is 0 Å². The zero-order valence-electron chi connectivity index (χ0n) is 17.2. The lowest BCUT2D eigenvalue weighted by molar-refractivity contribution is 0.263. The first-order valence-electron chi connectivity index (χ1n) is 10.2. The Balaban J connectivity index is 2.22. The third-order valence-electron chi connectivity index (χ3n) is 4.93. The Labute approximate surface area is 179 Å². The number of hydrogen-bond donors (Lipinski definition) is 0. The number of benzene rings is 2. The minimum Gasteiger partial charge on any atom is -0.487 e.